The summed E-state index contributed by atoms with van der Waals surface area (Å²) in [4.78, 5) is 26.9. The average molecular weight is 449 g/mol. The van der Waals surface area contributed by atoms with Crippen LogP contribution in [0.1, 0.15) is 47.6 Å². The predicted octanol–water partition coefficient (Wildman–Crippen LogP) is 6.15. The van der Waals surface area contributed by atoms with Gasteiger partial charge >= 0.3 is 0 Å². The Morgan fingerprint density at radius 2 is 1.75 bits per heavy atom. The first-order valence-corrected chi connectivity index (χ1v) is 11.5. The molecule has 0 radical (unpaired) electrons. The van der Waals surface area contributed by atoms with Crippen LogP contribution < -0.4 is 10.2 Å². The van der Waals surface area contributed by atoms with E-state index in [9.17, 15) is 14.0 Å². The van der Waals surface area contributed by atoms with Crippen molar-refractivity contribution < 1.29 is 14.0 Å². The molecule has 0 bridgehead atoms. The van der Waals surface area contributed by atoms with E-state index >= 15 is 0 Å². The minimum Gasteiger partial charge on any atom is -0.322 e. The summed E-state index contributed by atoms with van der Waals surface area (Å²) < 4.78 is 13.7. The number of nitrogens with zero attached hydrogens (tertiary/aromatic N) is 1. The molecule has 0 unspecified atom stereocenters. The molecule has 3 aromatic rings. The fraction of sp³-hybridized carbons (Fsp3) is 0.231. The van der Waals surface area contributed by atoms with Crippen molar-refractivity contribution in [2.45, 2.75) is 31.6 Å². The number of hydrogen-bond donors (Lipinski definition) is 1. The van der Waals surface area contributed by atoms with Crippen LogP contribution in [0, 0.1) is 5.82 Å². The van der Waals surface area contributed by atoms with Crippen molar-refractivity contribution in [3.05, 3.63) is 95.3 Å². The molecule has 3 aromatic carbocycles. The first-order valence-electron chi connectivity index (χ1n) is 10.4. The summed E-state index contributed by atoms with van der Waals surface area (Å²) in [6.07, 6.45) is 0. The molecule has 0 aliphatic carbocycles. The Bertz CT molecular complexity index is 1150. The number of anilines is 2. The Balaban J connectivity index is 1.54. The van der Waals surface area contributed by atoms with E-state index < -0.39 is 0 Å². The van der Waals surface area contributed by atoms with Crippen LogP contribution in [-0.4, -0.2) is 17.6 Å². The molecule has 4 nitrogen and oxygen atoms in total. The number of carbonyl (C=O) groups is 2. The second-order valence-corrected chi connectivity index (χ2v) is 9.88. The lowest BCUT2D eigenvalue weighted by atomic mass is 9.87. The number of rotatable bonds is 4. The number of halogens is 1. The fourth-order valence-electron chi connectivity index (χ4n) is 3.67. The Kier molecular flexibility index (Phi) is 6.07. The fourth-order valence-corrected chi connectivity index (χ4v) is 4.84. The minimum atomic E-state index is -0.385. The van der Waals surface area contributed by atoms with Crippen molar-refractivity contribution in [2.75, 3.05) is 16.0 Å². The standard InChI is InChI=1S/C26H25FN2O2S/c1-26(2,3)19-12-10-17(11-13-19)24(31)28-21-8-4-6-18(14-21)25-29(23(30)16-32-25)22-9-5-7-20(27)15-22/h4-15,25H,16H2,1-3H3,(H,28,31)/t25-/m0/s1. The van der Waals surface area contributed by atoms with Gasteiger partial charge in [-0.3, -0.25) is 14.5 Å². The molecule has 0 aromatic heterocycles. The second kappa shape index (κ2) is 8.79. The van der Waals surface area contributed by atoms with E-state index in [1.807, 2.05) is 48.5 Å². The van der Waals surface area contributed by atoms with E-state index in [0.717, 1.165) is 11.1 Å². The van der Waals surface area contributed by atoms with Crippen LogP contribution >= 0.6 is 11.8 Å². The first-order chi connectivity index (χ1) is 15.2. The van der Waals surface area contributed by atoms with Gasteiger partial charge in [0.25, 0.3) is 5.91 Å². The molecule has 1 atom stereocenters. The van der Waals surface area contributed by atoms with Crippen molar-refractivity contribution in [1.82, 2.24) is 0 Å². The van der Waals surface area contributed by atoms with Crippen LogP contribution in [-0.2, 0) is 10.2 Å². The molecule has 2 amide bonds. The molecule has 1 aliphatic rings. The molecule has 1 fully saturated rings. The van der Waals surface area contributed by atoms with Gasteiger partial charge in [-0.15, -0.1) is 11.8 Å². The molecule has 32 heavy (non-hydrogen) atoms. The monoisotopic (exact) mass is 448 g/mol. The summed E-state index contributed by atoms with van der Waals surface area (Å²) in [6.45, 7) is 6.39. The lowest BCUT2D eigenvalue weighted by molar-refractivity contribution is -0.115. The zero-order valence-electron chi connectivity index (χ0n) is 18.3. The zero-order chi connectivity index (χ0) is 22.9. The van der Waals surface area contributed by atoms with Gasteiger partial charge in [0.05, 0.1) is 5.75 Å². The van der Waals surface area contributed by atoms with Gasteiger partial charge in [0.2, 0.25) is 5.91 Å². The van der Waals surface area contributed by atoms with Gasteiger partial charge in [-0.05, 0) is 59.0 Å². The number of amides is 2. The van der Waals surface area contributed by atoms with E-state index in [1.54, 1.807) is 17.0 Å². The molecule has 4 rings (SSSR count). The summed E-state index contributed by atoms with van der Waals surface area (Å²) >= 11 is 1.48. The van der Waals surface area contributed by atoms with Crippen LogP contribution in [0.5, 0.6) is 0 Å². The van der Waals surface area contributed by atoms with Gasteiger partial charge in [-0.25, -0.2) is 4.39 Å². The van der Waals surface area contributed by atoms with Crippen LogP contribution in [0.25, 0.3) is 0 Å². The van der Waals surface area contributed by atoms with Crippen LogP contribution in [0.3, 0.4) is 0 Å². The predicted molar refractivity (Wildman–Crippen MR) is 129 cm³/mol. The van der Waals surface area contributed by atoms with Crippen molar-refractivity contribution >= 4 is 35.0 Å². The summed E-state index contributed by atoms with van der Waals surface area (Å²) in [5.74, 6) is -0.332. The Morgan fingerprint density at radius 1 is 1.03 bits per heavy atom. The largest absolute Gasteiger partial charge is 0.322 e. The van der Waals surface area contributed by atoms with E-state index in [2.05, 4.69) is 26.1 Å². The lowest BCUT2D eigenvalue weighted by Gasteiger charge is -2.24. The molecule has 0 saturated carbocycles. The molecule has 1 aliphatic heterocycles. The minimum absolute atomic E-state index is 0.0211. The van der Waals surface area contributed by atoms with Crippen LogP contribution in [0.2, 0.25) is 0 Å². The summed E-state index contributed by atoms with van der Waals surface area (Å²) in [5.41, 5.74) is 3.80. The third kappa shape index (κ3) is 4.70. The van der Waals surface area contributed by atoms with Gasteiger partial charge < -0.3 is 5.32 Å². The third-order valence-electron chi connectivity index (χ3n) is 5.40. The molecule has 1 heterocycles. The molecule has 0 spiro atoms. The average Bonchev–Trinajstić information content (AvgIpc) is 3.15. The molecular weight excluding hydrogens is 423 g/mol. The summed E-state index contributed by atoms with van der Waals surface area (Å²) in [5, 5.41) is 2.66. The van der Waals surface area contributed by atoms with Crippen LogP contribution in [0.4, 0.5) is 15.8 Å². The first kappa shape index (κ1) is 22.1. The van der Waals surface area contributed by atoms with Crippen molar-refractivity contribution in [1.29, 1.82) is 0 Å². The van der Waals surface area contributed by atoms with Crippen LogP contribution in [0.15, 0.2) is 72.8 Å². The van der Waals surface area contributed by atoms with E-state index in [-0.39, 0.29) is 28.4 Å². The highest BCUT2D eigenvalue weighted by Crippen LogP contribution is 2.42. The summed E-state index contributed by atoms with van der Waals surface area (Å²) in [7, 11) is 0. The maximum absolute atomic E-state index is 13.7. The molecule has 1 saturated heterocycles. The number of carbonyl (C=O) groups excluding carboxylic acids is 2. The summed E-state index contributed by atoms with van der Waals surface area (Å²) in [6, 6.07) is 21.1. The maximum Gasteiger partial charge on any atom is 0.255 e. The Labute approximate surface area is 191 Å². The molecule has 6 heteroatoms. The molecule has 164 valence electrons. The van der Waals surface area contributed by atoms with E-state index in [0.29, 0.717) is 22.7 Å². The highest BCUT2D eigenvalue weighted by Gasteiger charge is 2.34. The Hall–Kier alpha value is -3.12. The number of nitrogens with one attached hydrogen (secondary N) is 1. The second-order valence-electron chi connectivity index (χ2n) is 8.81. The van der Waals surface area contributed by atoms with E-state index in [1.165, 1.54) is 23.9 Å². The molecule has 1 N–H and O–H groups in total. The topological polar surface area (TPSA) is 49.4 Å². The van der Waals surface area contributed by atoms with Crippen molar-refractivity contribution in [3.8, 4) is 0 Å². The van der Waals surface area contributed by atoms with E-state index in [4.69, 9.17) is 0 Å². The van der Waals surface area contributed by atoms with Crippen molar-refractivity contribution in [2.24, 2.45) is 0 Å². The quantitative estimate of drug-likeness (QED) is 0.520. The third-order valence-corrected chi connectivity index (χ3v) is 6.61. The number of benzene rings is 3. The van der Waals surface area contributed by atoms with Gasteiger partial charge in [-0.2, -0.15) is 0 Å². The van der Waals surface area contributed by atoms with Gasteiger partial charge in [0.15, 0.2) is 0 Å². The highest BCUT2D eigenvalue weighted by atomic mass is 32.2. The number of hydrogen-bond acceptors (Lipinski definition) is 3. The van der Waals surface area contributed by atoms with Crippen molar-refractivity contribution in [3.63, 3.8) is 0 Å². The van der Waals surface area contributed by atoms with Gasteiger partial charge in [0, 0.05) is 16.9 Å². The highest BCUT2D eigenvalue weighted by molar-refractivity contribution is 8.00. The zero-order valence-corrected chi connectivity index (χ0v) is 19.1. The SMILES string of the molecule is CC(C)(C)c1ccc(C(=O)Nc2cccc([C@@H]3SCC(=O)N3c3cccc(F)c3)c2)cc1. The molecular formula is C26H25FN2O2S. The lowest BCUT2D eigenvalue weighted by Crippen LogP contribution is -2.27. The Morgan fingerprint density at radius 3 is 2.44 bits per heavy atom. The number of thioether (sulfide) groups is 1. The smallest absolute Gasteiger partial charge is 0.255 e. The normalized spacial score (nSPS) is 16.3. The van der Waals surface area contributed by atoms with Gasteiger partial charge in [0.1, 0.15) is 11.2 Å². The van der Waals surface area contributed by atoms with Gasteiger partial charge in [-0.1, -0.05) is 51.1 Å². The maximum atomic E-state index is 13.7.